The molecule has 9 heteroatoms. The molecule has 1 aromatic heterocycles. The second-order valence-electron chi connectivity index (χ2n) is 9.47. The fourth-order valence-corrected chi connectivity index (χ4v) is 4.62. The molecule has 1 fully saturated rings. The molecule has 1 aliphatic heterocycles. The van der Waals surface area contributed by atoms with Gasteiger partial charge in [0.05, 0.1) is 5.56 Å². The summed E-state index contributed by atoms with van der Waals surface area (Å²) >= 11 is 0. The number of piperidine rings is 1. The number of rotatable bonds is 11. The van der Waals surface area contributed by atoms with Crippen molar-refractivity contribution < 1.29 is 9.53 Å². The van der Waals surface area contributed by atoms with Crippen LogP contribution in [-0.4, -0.2) is 53.5 Å². The Balaban J connectivity index is 1.29. The van der Waals surface area contributed by atoms with Crippen molar-refractivity contribution >= 4 is 17.5 Å². The van der Waals surface area contributed by atoms with Gasteiger partial charge in [-0.05, 0) is 75.0 Å². The van der Waals surface area contributed by atoms with Crippen LogP contribution < -0.4 is 21.1 Å². The Morgan fingerprint density at radius 1 is 1.13 bits per heavy atom. The van der Waals surface area contributed by atoms with Gasteiger partial charge in [-0.1, -0.05) is 36.4 Å². The molecule has 0 saturated carbocycles. The van der Waals surface area contributed by atoms with Gasteiger partial charge in [-0.3, -0.25) is 4.79 Å². The quantitative estimate of drug-likeness (QED) is 0.244. The molecule has 202 valence electrons. The van der Waals surface area contributed by atoms with Gasteiger partial charge in [-0.2, -0.15) is 5.26 Å². The van der Waals surface area contributed by atoms with Crippen LogP contribution in [0.4, 0.5) is 11.6 Å². The molecule has 0 radical (unpaired) electrons. The molecule has 2 heterocycles. The van der Waals surface area contributed by atoms with Crippen LogP contribution in [0.15, 0.2) is 72.6 Å². The lowest BCUT2D eigenvalue weighted by Crippen LogP contribution is -2.36. The highest BCUT2D eigenvalue weighted by molar-refractivity contribution is 5.97. The third-order valence-corrected chi connectivity index (χ3v) is 6.76. The second-order valence-corrected chi connectivity index (χ2v) is 9.47. The number of carbonyl (C=O) groups is 1. The summed E-state index contributed by atoms with van der Waals surface area (Å²) < 4.78 is 5.91. The standard InChI is InChI=1S/C30H35N7O2/c1-2-33-30(38)24(19-31)7-6-16-37-17-14-22(15-18-37)20-34-29-27(28(32)35-21-36-29)23-10-12-26(13-11-23)39-25-8-4-3-5-9-25/h3-5,7-13,21-22H,2,6,14-18,20H2,1H3,(H,33,38)(H3,32,34,35,36)/b24-7-. The number of hydrogen-bond acceptors (Lipinski definition) is 8. The molecule has 2 aromatic carbocycles. The predicted octanol–water partition coefficient (Wildman–Crippen LogP) is 4.62. The van der Waals surface area contributed by atoms with Crippen LogP contribution in [-0.2, 0) is 4.79 Å². The van der Waals surface area contributed by atoms with Gasteiger partial charge in [-0.25, -0.2) is 9.97 Å². The summed E-state index contributed by atoms with van der Waals surface area (Å²) in [5, 5.41) is 15.4. The number of benzene rings is 2. The fourth-order valence-electron chi connectivity index (χ4n) is 4.62. The molecule has 0 unspecified atom stereocenters. The van der Waals surface area contributed by atoms with Crippen LogP contribution in [0.3, 0.4) is 0 Å². The Morgan fingerprint density at radius 2 is 1.85 bits per heavy atom. The maximum Gasteiger partial charge on any atom is 0.261 e. The summed E-state index contributed by atoms with van der Waals surface area (Å²) in [5.74, 6) is 2.88. The minimum absolute atomic E-state index is 0.189. The zero-order chi connectivity index (χ0) is 27.5. The number of amides is 1. The Kier molecular flexibility index (Phi) is 9.86. The lowest BCUT2D eigenvalue weighted by Gasteiger charge is -2.32. The maximum absolute atomic E-state index is 11.9. The van der Waals surface area contributed by atoms with E-state index in [1.807, 2.05) is 67.6 Å². The average Bonchev–Trinajstić information content (AvgIpc) is 2.96. The van der Waals surface area contributed by atoms with E-state index in [0.717, 1.165) is 67.5 Å². The van der Waals surface area contributed by atoms with Gasteiger partial charge in [0.2, 0.25) is 0 Å². The number of nitrogens with two attached hydrogens (primary N) is 1. The second kappa shape index (κ2) is 13.9. The van der Waals surface area contributed by atoms with Crippen LogP contribution in [0.2, 0.25) is 0 Å². The van der Waals surface area contributed by atoms with Crippen molar-refractivity contribution in [1.82, 2.24) is 20.2 Å². The smallest absolute Gasteiger partial charge is 0.261 e. The number of likely N-dealkylation sites (N-methyl/N-ethyl adjacent to an activating group) is 1. The third kappa shape index (κ3) is 7.79. The molecule has 39 heavy (non-hydrogen) atoms. The van der Waals surface area contributed by atoms with Gasteiger partial charge in [0.15, 0.2) is 0 Å². The molecule has 3 aromatic rings. The number of aromatic nitrogens is 2. The monoisotopic (exact) mass is 525 g/mol. The molecular weight excluding hydrogens is 490 g/mol. The summed E-state index contributed by atoms with van der Waals surface area (Å²) in [6.45, 7) is 5.93. The maximum atomic E-state index is 11.9. The first-order chi connectivity index (χ1) is 19.1. The highest BCUT2D eigenvalue weighted by Crippen LogP contribution is 2.33. The molecule has 0 spiro atoms. The Morgan fingerprint density at radius 3 is 2.54 bits per heavy atom. The molecule has 0 bridgehead atoms. The van der Waals surface area contributed by atoms with Gasteiger partial charge in [0.1, 0.15) is 41.1 Å². The van der Waals surface area contributed by atoms with E-state index >= 15 is 0 Å². The van der Waals surface area contributed by atoms with E-state index in [0.29, 0.717) is 24.7 Å². The average molecular weight is 526 g/mol. The van der Waals surface area contributed by atoms with Crippen LogP contribution in [0.1, 0.15) is 26.2 Å². The van der Waals surface area contributed by atoms with E-state index in [4.69, 9.17) is 10.5 Å². The van der Waals surface area contributed by atoms with Crippen LogP contribution in [0.25, 0.3) is 11.1 Å². The molecular formula is C30H35N7O2. The van der Waals surface area contributed by atoms with Gasteiger partial charge in [0, 0.05) is 19.6 Å². The lowest BCUT2D eigenvalue weighted by molar-refractivity contribution is -0.117. The van der Waals surface area contributed by atoms with Gasteiger partial charge < -0.3 is 26.0 Å². The third-order valence-electron chi connectivity index (χ3n) is 6.76. The van der Waals surface area contributed by atoms with E-state index in [1.165, 1.54) is 6.33 Å². The Bertz CT molecular complexity index is 1300. The molecule has 0 aliphatic carbocycles. The van der Waals surface area contributed by atoms with Crippen molar-refractivity contribution in [3.8, 4) is 28.7 Å². The number of nitrogens with zero attached hydrogens (tertiary/aromatic N) is 4. The van der Waals surface area contributed by atoms with Gasteiger partial charge in [0.25, 0.3) is 5.91 Å². The zero-order valence-corrected chi connectivity index (χ0v) is 22.3. The molecule has 1 aliphatic rings. The topological polar surface area (TPSA) is 129 Å². The van der Waals surface area contributed by atoms with Crippen LogP contribution >= 0.6 is 0 Å². The summed E-state index contributed by atoms with van der Waals surface area (Å²) in [6.07, 6.45) is 6.02. The molecule has 9 nitrogen and oxygen atoms in total. The molecule has 0 atom stereocenters. The Hall–Kier alpha value is -4.42. The largest absolute Gasteiger partial charge is 0.457 e. The number of para-hydroxylation sites is 1. The molecule has 4 rings (SSSR count). The first-order valence-electron chi connectivity index (χ1n) is 13.4. The number of nitrogens with one attached hydrogen (secondary N) is 2. The minimum atomic E-state index is -0.300. The number of hydrogen-bond donors (Lipinski definition) is 3. The normalized spacial score (nSPS) is 14.4. The summed E-state index contributed by atoms with van der Waals surface area (Å²) in [6, 6.07) is 19.4. The SMILES string of the molecule is CCNC(=O)/C(C#N)=C\CCN1CCC(CNc2ncnc(N)c2-c2ccc(Oc3ccccc3)cc2)CC1. The highest BCUT2D eigenvalue weighted by Gasteiger charge is 2.20. The summed E-state index contributed by atoms with van der Waals surface area (Å²) in [7, 11) is 0. The van der Waals surface area contributed by atoms with E-state index in [9.17, 15) is 10.1 Å². The van der Waals surface area contributed by atoms with Crippen molar-refractivity contribution in [3.05, 3.63) is 72.6 Å². The first-order valence-corrected chi connectivity index (χ1v) is 13.4. The number of carbonyl (C=O) groups excluding carboxylic acids is 1. The number of likely N-dealkylation sites (tertiary alicyclic amines) is 1. The van der Waals surface area contributed by atoms with Crippen molar-refractivity contribution in [3.63, 3.8) is 0 Å². The van der Waals surface area contributed by atoms with Crippen molar-refractivity contribution in [2.24, 2.45) is 5.92 Å². The Labute approximate surface area is 229 Å². The van der Waals surface area contributed by atoms with Crippen molar-refractivity contribution in [2.75, 3.05) is 43.8 Å². The van der Waals surface area contributed by atoms with Crippen molar-refractivity contribution in [1.29, 1.82) is 5.26 Å². The van der Waals surface area contributed by atoms with Gasteiger partial charge in [-0.15, -0.1) is 0 Å². The number of nitrogen functional groups attached to an aromatic ring is 1. The summed E-state index contributed by atoms with van der Waals surface area (Å²) in [4.78, 5) is 22.9. The number of nitriles is 1. The molecule has 4 N–H and O–H groups in total. The molecule has 1 saturated heterocycles. The lowest BCUT2D eigenvalue weighted by atomic mass is 9.96. The van der Waals surface area contributed by atoms with Crippen LogP contribution in [0.5, 0.6) is 11.5 Å². The van der Waals surface area contributed by atoms with Gasteiger partial charge >= 0.3 is 0 Å². The van der Waals surface area contributed by atoms with E-state index in [1.54, 1.807) is 6.08 Å². The zero-order valence-electron chi connectivity index (χ0n) is 22.3. The highest BCUT2D eigenvalue weighted by atomic mass is 16.5. The number of anilines is 2. The number of ether oxygens (including phenoxy) is 1. The first kappa shape index (κ1) is 27.6. The van der Waals surface area contributed by atoms with E-state index < -0.39 is 0 Å². The fraction of sp³-hybridized carbons (Fsp3) is 0.333. The van der Waals surface area contributed by atoms with Crippen molar-refractivity contribution in [2.45, 2.75) is 26.2 Å². The van der Waals surface area contributed by atoms with E-state index in [2.05, 4.69) is 25.5 Å². The minimum Gasteiger partial charge on any atom is -0.457 e. The van der Waals surface area contributed by atoms with E-state index in [-0.39, 0.29) is 11.5 Å². The summed E-state index contributed by atoms with van der Waals surface area (Å²) in [5.41, 5.74) is 8.17. The van der Waals surface area contributed by atoms with Crippen LogP contribution in [0, 0.1) is 17.2 Å². The predicted molar refractivity (Wildman–Crippen MR) is 153 cm³/mol. The molecule has 1 amide bonds.